The fourth-order valence-corrected chi connectivity index (χ4v) is 0. The van der Waals surface area contributed by atoms with E-state index in [0.29, 0.717) is 0 Å². The molecule has 0 aromatic rings. The van der Waals surface area contributed by atoms with Crippen molar-refractivity contribution in [3.8, 4) is 0 Å². The Kier molecular flexibility index (Phi) is 92.2. The van der Waals surface area contributed by atoms with E-state index in [4.69, 9.17) is 25.1 Å². The van der Waals surface area contributed by atoms with Crippen molar-refractivity contribution in [3.63, 3.8) is 0 Å². The van der Waals surface area contributed by atoms with Gasteiger partial charge in [0.15, 0.2) is 0 Å². The third-order valence-electron chi connectivity index (χ3n) is 0. The molecule has 0 aliphatic rings. The summed E-state index contributed by atoms with van der Waals surface area (Å²) in [6.07, 6.45) is 1.50. The van der Waals surface area contributed by atoms with Gasteiger partial charge in [-0.05, 0) is 0 Å². The van der Waals surface area contributed by atoms with E-state index < -0.39 is 15.1 Å². The van der Waals surface area contributed by atoms with Gasteiger partial charge in [-0.1, -0.05) is 0 Å². The molecule has 0 saturated carbocycles. The second-order valence-electron chi connectivity index (χ2n) is 0.343. The van der Waals surface area contributed by atoms with Gasteiger partial charge in [0, 0.05) is 0 Å². The van der Waals surface area contributed by atoms with E-state index in [1.54, 1.807) is 0 Å². The summed E-state index contributed by atoms with van der Waals surface area (Å²) >= 11 is -0.466. The summed E-state index contributed by atoms with van der Waals surface area (Å²) in [6, 6.07) is 0. The van der Waals surface area contributed by atoms with E-state index in [0.717, 1.165) is 0 Å². The number of allylic oxidation sites excluding steroid dienone is 1. The van der Waals surface area contributed by atoms with Crippen molar-refractivity contribution < 1.29 is 15.1 Å². The van der Waals surface area contributed by atoms with Gasteiger partial charge in [-0.15, -0.1) is 0 Å². The first-order chi connectivity index (χ1) is 3.83. The monoisotopic (exact) mass is 244 g/mol. The SMILES string of the molecule is C=C[CH2-].C[NH-].[Cl][RuH][Cl]. The van der Waals surface area contributed by atoms with Gasteiger partial charge in [0.2, 0.25) is 0 Å². The summed E-state index contributed by atoms with van der Waals surface area (Å²) < 4.78 is 0. The maximum absolute atomic E-state index is 5.75. The summed E-state index contributed by atoms with van der Waals surface area (Å²) in [7, 11) is 11.0. The first kappa shape index (κ1) is 15.9. The Labute approximate surface area is 66.9 Å². The minimum absolute atomic E-state index is 0.466. The predicted octanol–water partition coefficient (Wildman–Crippen LogP) is 2.78. The molecule has 0 heterocycles. The number of hydrogen-bond acceptors (Lipinski definition) is 0. The molecule has 0 fully saturated rings. The summed E-state index contributed by atoms with van der Waals surface area (Å²) in [6.45, 7) is 6.50. The van der Waals surface area contributed by atoms with Gasteiger partial charge >= 0.3 is 34.5 Å². The fourth-order valence-electron chi connectivity index (χ4n) is 0. The molecule has 0 aromatic heterocycles. The van der Waals surface area contributed by atoms with Crippen molar-refractivity contribution in [2.75, 3.05) is 7.05 Å². The first-order valence-electron chi connectivity index (χ1n) is 1.60. The van der Waals surface area contributed by atoms with Gasteiger partial charge in [0.25, 0.3) is 0 Å². The Balaban J connectivity index is -0.0000000483. The molecule has 8 heavy (non-hydrogen) atoms. The first-order valence-corrected chi connectivity index (χ1v) is 6.39. The molecule has 1 nitrogen and oxygen atoms in total. The normalized spacial score (nSPS) is 5.00. The van der Waals surface area contributed by atoms with Gasteiger partial charge in [-0.2, -0.15) is 7.05 Å². The van der Waals surface area contributed by atoms with E-state index in [-0.39, 0.29) is 0 Å². The molecule has 0 amide bonds. The average Bonchev–Trinajstić information content (AvgIpc) is 1.75. The molecule has 0 aliphatic carbocycles. The quantitative estimate of drug-likeness (QED) is 0.462. The summed E-state index contributed by atoms with van der Waals surface area (Å²) in [5.41, 5.74) is 5.75. The molecule has 0 rings (SSSR count). The third kappa shape index (κ3) is 377. The second-order valence-corrected chi connectivity index (χ2v) is 3.16. The Morgan fingerprint density at radius 3 is 1.62 bits per heavy atom. The van der Waals surface area contributed by atoms with Crippen LogP contribution in [-0.4, -0.2) is 7.05 Å². The molecule has 0 bridgehead atoms. The molecule has 0 aromatic carbocycles. The molecule has 0 unspecified atom stereocenters. The maximum atomic E-state index is 5.75. The molecule has 0 radical (unpaired) electrons. The molecule has 0 atom stereocenters. The average molecular weight is 244 g/mol. The number of halogens is 2. The predicted molar refractivity (Wildman–Crippen MR) is 38.9 cm³/mol. The molecule has 55 valence electrons. The molecule has 0 aliphatic heterocycles. The van der Waals surface area contributed by atoms with Crippen LogP contribution < -0.4 is 0 Å². The van der Waals surface area contributed by atoms with Crippen LogP contribution in [0.3, 0.4) is 0 Å². The van der Waals surface area contributed by atoms with Crippen LogP contribution in [0.1, 0.15) is 0 Å². The van der Waals surface area contributed by atoms with Crippen molar-refractivity contribution in [3.05, 3.63) is 25.3 Å². The van der Waals surface area contributed by atoms with Crippen molar-refractivity contribution >= 4 is 19.4 Å². The van der Waals surface area contributed by atoms with Crippen molar-refractivity contribution in [2.45, 2.75) is 0 Å². The molecule has 0 saturated heterocycles. The minimum atomic E-state index is -0.466. The Bertz CT molecular complexity index is 28.0. The van der Waals surface area contributed by atoms with Crippen molar-refractivity contribution in [1.82, 2.24) is 0 Å². The Morgan fingerprint density at radius 1 is 1.62 bits per heavy atom. The van der Waals surface area contributed by atoms with Crippen LogP contribution in [-0.2, 0) is 15.1 Å². The van der Waals surface area contributed by atoms with E-state index in [9.17, 15) is 0 Å². The van der Waals surface area contributed by atoms with Gasteiger partial charge in [0.1, 0.15) is 0 Å². The topological polar surface area (TPSA) is 23.8 Å². The van der Waals surface area contributed by atoms with Crippen LogP contribution in [0.4, 0.5) is 0 Å². The number of hydrogen-bond donors (Lipinski definition) is 0. The van der Waals surface area contributed by atoms with Crippen LogP contribution in [0.25, 0.3) is 5.73 Å². The summed E-state index contributed by atoms with van der Waals surface area (Å²) in [5, 5.41) is 0. The van der Waals surface area contributed by atoms with Gasteiger partial charge in [0.05, 0.1) is 0 Å². The van der Waals surface area contributed by atoms with Crippen molar-refractivity contribution in [2.24, 2.45) is 0 Å². The summed E-state index contributed by atoms with van der Waals surface area (Å²) in [4.78, 5) is 0. The zero-order valence-corrected chi connectivity index (χ0v) is 8.00. The van der Waals surface area contributed by atoms with Crippen LogP contribution in [0, 0.1) is 6.92 Å². The van der Waals surface area contributed by atoms with Crippen LogP contribution >= 0.6 is 19.4 Å². The second kappa shape index (κ2) is 46.4. The van der Waals surface area contributed by atoms with E-state index in [2.05, 4.69) is 13.5 Å². The summed E-state index contributed by atoms with van der Waals surface area (Å²) in [5.74, 6) is 0. The zero-order chi connectivity index (χ0) is 7.41. The third-order valence-corrected chi connectivity index (χ3v) is 0. The fraction of sp³-hybridized carbons (Fsp3) is 0.250. The van der Waals surface area contributed by atoms with Crippen molar-refractivity contribution in [1.29, 1.82) is 0 Å². The number of rotatable bonds is 0. The molecular formula is C4H10Cl2NRu-2. The van der Waals surface area contributed by atoms with E-state index in [1.165, 1.54) is 13.1 Å². The van der Waals surface area contributed by atoms with E-state index in [1.807, 2.05) is 0 Å². The van der Waals surface area contributed by atoms with Gasteiger partial charge in [-0.25, -0.2) is 19.6 Å². The molecular weight excluding hydrogens is 234 g/mol. The standard InChI is InChI=1S/C3H5.CH4N.2ClH.Ru.H/c1-3-2;1-2;;;;/h3H,1-2H2;2H,1H3;2*1H;;/q2*-1;;;+2;/p-2. The molecule has 4 heteroatoms. The zero-order valence-electron chi connectivity index (χ0n) is 4.63. The van der Waals surface area contributed by atoms with E-state index >= 15 is 0 Å². The van der Waals surface area contributed by atoms with Gasteiger partial charge < -0.3 is 5.73 Å². The van der Waals surface area contributed by atoms with Crippen LogP contribution in [0.15, 0.2) is 12.7 Å². The number of nitrogens with one attached hydrogen (secondary N) is 1. The van der Waals surface area contributed by atoms with Crippen LogP contribution in [0.5, 0.6) is 0 Å². The molecule has 0 spiro atoms. The van der Waals surface area contributed by atoms with Gasteiger partial charge in [-0.3, -0.25) is 0 Å². The Hall–Kier alpha value is 0.773. The molecule has 1 N–H and O–H groups in total. The van der Waals surface area contributed by atoms with Crippen LogP contribution in [0.2, 0.25) is 0 Å². The Morgan fingerprint density at radius 2 is 1.62 bits per heavy atom.